The topological polar surface area (TPSA) is 40.1 Å². The molecule has 1 fully saturated rings. The number of allylic oxidation sites excluding steroid dienone is 1. The quantitative estimate of drug-likeness (QED) is 0.528. The van der Waals surface area contributed by atoms with Crippen molar-refractivity contribution in [3.05, 3.63) is 12.2 Å². The Morgan fingerprint density at radius 2 is 2.00 bits per heavy atom. The molecule has 0 aromatic heterocycles. The van der Waals surface area contributed by atoms with E-state index < -0.39 is 11.1 Å². The van der Waals surface area contributed by atoms with E-state index in [-0.39, 0.29) is 10.5 Å². The van der Waals surface area contributed by atoms with Crippen LogP contribution in [0.4, 0.5) is 0 Å². The van der Waals surface area contributed by atoms with Gasteiger partial charge in [-0.15, -0.1) is 11.8 Å². The van der Waals surface area contributed by atoms with Crippen molar-refractivity contribution in [1.82, 2.24) is 0 Å². The second kappa shape index (κ2) is 4.62. The van der Waals surface area contributed by atoms with Crippen LogP contribution >= 0.6 is 11.8 Å². The summed E-state index contributed by atoms with van der Waals surface area (Å²) in [6.07, 6.45) is 4.09. The highest BCUT2D eigenvalue weighted by Crippen LogP contribution is 2.44. The van der Waals surface area contributed by atoms with Gasteiger partial charge < -0.3 is 4.55 Å². The van der Waals surface area contributed by atoms with Gasteiger partial charge in [0.25, 0.3) is 0 Å². The highest BCUT2D eigenvalue weighted by atomic mass is 32.2. The van der Waals surface area contributed by atoms with Gasteiger partial charge in [0.15, 0.2) is 0 Å². The van der Waals surface area contributed by atoms with Gasteiger partial charge in [0.05, 0.1) is 4.58 Å². The first-order valence-corrected chi connectivity index (χ1v) is 6.52. The van der Waals surface area contributed by atoms with Gasteiger partial charge in [0, 0.05) is 5.25 Å². The van der Waals surface area contributed by atoms with Crippen LogP contribution in [0.5, 0.6) is 0 Å². The van der Waals surface area contributed by atoms with E-state index in [1.54, 1.807) is 11.8 Å². The molecule has 5 atom stereocenters. The molecular weight excluding hydrogens is 204 g/mol. The maximum Gasteiger partial charge on any atom is 0.0704 e. The lowest BCUT2D eigenvalue weighted by molar-refractivity contribution is 0.434. The average Bonchev–Trinajstić information content (AvgIpc) is 2.33. The molecule has 0 aromatic carbocycles. The molecular formula is C9H15O2S2-. The summed E-state index contributed by atoms with van der Waals surface area (Å²) >= 11 is -0.377. The normalized spacial score (nSPS) is 42.8. The van der Waals surface area contributed by atoms with Gasteiger partial charge >= 0.3 is 0 Å². The highest BCUT2D eigenvalue weighted by molar-refractivity contribution is 8.10. The lowest BCUT2D eigenvalue weighted by Crippen LogP contribution is -2.18. The van der Waals surface area contributed by atoms with Crippen molar-refractivity contribution in [3.63, 3.8) is 0 Å². The van der Waals surface area contributed by atoms with Gasteiger partial charge in [-0.25, -0.2) is 0 Å². The van der Waals surface area contributed by atoms with Crippen LogP contribution in [0.25, 0.3) is 0 Å². The minimum atomic E-state index is -1.94. The Hall–Kier alpha value is 0.200. The van der Waals surface area contributed by atoms with Crippen molar-refractivity contribution >= 4 is 22.8 Å². The zero-order chi connectivity index (χ0) is 10.0. The molecule has 1 rings (SSSR count). The van der Waals surface area contributed by atoms with Crippen LogP contribution < -0.4 is 0 Å². The molecule has 1 aliphatic rings. The molecule has 0 spiro atoms. The fraction of sp³-hybridized carbons (Fsp3) is 0.778. The second-order valence-corrected chi connectivity index (χ2v) is 6.13. The summed E-state index contributed by atoms with van der Waals surface area (Å²) < 4.78 is 21.5. The summed E-state index contributed by atoms with van der Waals surface area (Å²) in [4.78, 5) is 0. The van der Waals surface area contributed by atoms with Crippen LogP contribution in [0.3, 0.4) is 0 Å². The predicted molar refractivity (Wildman–Crippen MR) is 57.2 cm³/mol. The van der Waals surface area contributed by atoms with Crippen LogP contribution in [-0.2, 0) is 11.1 Å². The Morgan fingerprint density at radius 3 is 2.38 bits per heavy atom. The van der Waals surface area contributed by atoms with Crippen LogP contribution in [0.15, 0.2) is 12.2 Å². The van der Waals surface area contributed by atoms with E-state index in [1.807, 2.05) is 19.9 Å². The van der Waals surface area contributed by atoms with Crippen molar-refractivity contribution in [2.24, 2.45) is 11.8 Å². The lowest BCUT2D eigenvalue weighted by Gasteiger charge is -2.18. The van der Waals surface area contributed by atoms with E-state index in [2.05, 4.69) is 13.0 Å². The Morgan fingerprint density at radius 1 is 1.38 bits per heavy atom. The Kier molecular flexibility index (Phi) is 4.01. The summed E-state index contributed by atoms with van der Waals surface area (Å²) in [5, 5.41) is 0.364. The largest absolute Gasteiger partial charge is 0.771 e. The van der Waals surface area contributed by atoms with Gasteiger partial charge in [0.2, 0.25) is 0 Å². The third kappa shape index (κ3) is 2.36. The first kappa shape index (κ1) is 11.3. The zero-order valence-corrected chi connectivity index (χ0v) is 9.73. The molecule has 0 bridgehead atoms. The van der Waals surface area contributed by atoms with Crippen molar-refractivity contribution in [1.29, 1.82) is 0 Å². The van der Waals surface area contributed by atoms with Crippen LogP contribution in [0.2, 0.25) is 0 Å². The van der Waals surface area contributed by atoms with Gasteiger partial charge in [0.1, 0.15) is 0 Å². The van der Waals surface area contributed by atoms with Crippen molar-refractivity contribution in [2.75, 3.05) is 0 Å². The SMILES string of the molecule is C/C=C/C1SC(S(=O)[O-])C(C)C1C. The van der Waals surface area contributed by atoms with Crippen LogP contribution in [0, 0.1) is 11.8 Å². The minimum absolute atomic E-state index is 0.226. The Balaban J connectivity index is 2.72. The lowest BCUT2D eigenvalue weighted by atomic mass is 9.94. The van der Waals surface area contributed by atoms with Crippen molar-refractivity contribution in [3.8, 4) is 0 Å². The van der Waals surface area contributed by atoms with Gasteiger partial charge in [-0.2, -0.15) is 0 Å². The molecule has 0 aromatic rings. The second-order valence-electron chi connectivity index (χ2n) is 3.47. The van der Waals surface area contributed by atoms with Gasteiger partial charge in [-0.05, 0) is 29.8 Å². The molecule has 4 heteroatoms. The van der Waals surface area contributed by atoms with Gasteiger partial charge in [-0.3, -0.25) is 4.21 Å². The molecule has 0 amide bonds. The number of hydrogen-bond donors (Lipinski definition) is 0. The molecule has 0 aliphatic carbocycles. The van der Waals surface area contributed by atoms with E-state index in [1.165, 1.54) is 0 Å². The van der Waals surface area contributed by atoms with E-state index in [0.717, 1.165) is 0 Å². The third-order valence-electron chi connectivity index (χ3n) is 2.64. The smallest absolute Gasteiger partial charge is 0.0704 e. The standard InChI is InChI=1S/C9H16O2S2/c1-4-5-8-6(2)7(3)9(12-8)13(10)11/h4-9H,1-3H3,(H,10,11)/p-1/b5-4+. The fourth-order valence-corrected chi connectivity index (χ4v) is 4.48. The third-order valence-corrected chi connectivity index (χ3v) is 5.85. The molecule has 2 nitrogen and oxygen atoms in total. The van der Waals surface area contributed by atoms with Crippen LogP contribution in [-0.4, -0.2) is 18.6 Å². The summed E-state index contributed by atoms with van der Waals surface area (Å²) in [7, 11) is 0. The van der Waals surface area contributed by atoms with E-state index in [4.69, 9.17) is 0 Å². The molecule has 1 aliphatic heterocycles. The summed E-state index contributed by atoms with van der Waals surface area (Å²) in [5.41, 5.74) is 0. The molecule has 0 N–H and O–H groups in total. The maximum atomic E-state index is 10.9. The fourth-order valence-electron chi connectivity index (χ4n) is 1.58. The average molecular weight is 219 g/mol. The molecule has 5 unspecified atom stereocenters. The van der Waals surface area contributed by atoms with Crippen molar-refractivity contribution < 1.29 is 8.76 Å². The molecule has 0 radical (unpaired) electrons. The molecule has 13 heavy (non-hydrogen) atoms. The van der Waals surface area contributed by atoms with Crippen molar-refractivity contribution in [2.45, 2.75) is 30.6 Å². The monoisotopic (exact) mass is 219 g/mol. The molecule has 0 saturated carbocycles. The molecule has 1 heterocycles. The molecule has 76 valence electrons. The van der Waals surface area contributed by atoms with Gasteiger partial charge in [-0.1, -0.05) is 26.0 Å². The summed E-state index contributed by atoms with van der Waals surface area (Å²) in [5.74, 6) is 0.702. The predicted octanol–water partition coefficient (Wildman–Crippen LogP) is 2.16. The summed E-state index contributed by atoms with van der Waals surface area (Å²) in [6, 6.07) is 0. The first-order chi connectivity index (χ1) is 6.07. The highest BCUT2D eigenvalue weighted by Gasteiger charge is 2.37. The van der Waals surface area contributed by atoms with E-state index in [9.17, 15) is 8.76 Å². The number of hydrogen-bond acceptors (Lipinski definition) is 3. The molecule has 1 saturated heterocycles. The Labute approximate surface area is 86.5 Å². The first-order valence-electron chi connectivity index (χ1n) is 4.44. The minimum Gasteiger partial charge on any atom is -0.771 e. The Bertz CT molecular complexity index is 228. The number of thioether (sulfide) groups is 1. The van der Waals surface area contributed by atoms with E-state index in [0.29, 0.717) is 11.2 Å². The summed E-state index contributed by atoms with van der Waals surface area (Å²) in [6.45, 7) is 6.11. The zero-order valence-electron chi connectivity index (χ0n) is 8.10. The number of rotatable bonds is 2. The van der Waals surface area contributed by atoms with Crippen LogP contribution in [0.1, 0.15) is 20.8 Å². The maximum absolute atomic E-state index is 10.9. The van der Waals surface area contributed by atoms with E-state index >= 15 is 0 Å².